The summed E-state index contributed by atoms with van der Waals surface area (Å²) in [5.41, 5.74) is 4.06. The first-order valence-electron chi connectivity index (χ1n) is 12.4. The van der Waals surface area contributed by atoms with Crippen LogP contribution >= 0.6 is 0 Å². The molecule has 0 bridgehead atoms. The predicted octanol–water partition coefficient (Wildman–Crippen LogP) is 3.20. The Hall–Kier alpha value is -2.75. The summed E-state index contributed by atoms with van der Waals surface area (Å²) < 4.78 is 34.9. The van der Waals surface area contributed by atoms with Gasteiger partial charge in [-0.2, -0.15) is 4.31 Å². The monoisotopic (exact) mass is 496 g/mol. The van der Waals surface area contributed by atoms with E-state index in [1.807, 2.05) is 19.1 Å². The van der Waals surface area contributed by atoms with Crippen LogP contribution in [-0.2, 0) is 38.9 Å². The quantitative estimate of drug-likeness (QED) is 0.542. The second-order valence-electron chi connectivity index (χ2n) is 9.15. The number of imidazole rings is 1. The van der Waals surface area contributed by atoms with E-state index in [-0.39, 0.29) is 16.8 Å². The van der Waals surface area contributed by atoms with Crippen LogP contribution in [0.15, 0.2) is 47.4 Å². The SMILES string of the molecule is CCn1c(CCC(=O)N[C@H]2CCCc3ccccc32)nc2cc(S(=O)(=O)N3CCOCC3)ccc21. The van der Waals surface area contributed by atoms with E-state index in [0.717, 1.165) is 30.6 Å². The molecule has 9 heteroatoms. The minimum Gasteiger partial charge on any atom is -0.379 e. The zero-order valence-electron chi connectivity index (χ0n) is 20.1. The first-order valence-corrected chi connectivity index (χ1v) is 13.9. The van der Waals surface area contributed by atoms with Crippen molar-refractivity contribution in [1.29, 1.82) is 0 Å². The van der Waals surface area contributed by atoms with Gasteiger partial charge in [-0.15, -0.1) is 0 Å². The predicted molar refractivity (Wildman–Crippen MR) is 134 cm³/mol. The van der Waals surface area contributed by atoms with Crippen LogP contribution in [0.4, 0.5) is 0 Å². The Morgan fingerprint density at radius 1 is 1.17 bits per heavy atom. The fraction of sp³-hybridized carbons (Fsp3) is 0.462. The van der Waals surface area contributed by atoms with Gasteiger partial charge >= 0.3 is 0 Å². The van der Waals surface area contributed by atoms with Crippen molar-refractivity contribution in [3.05, 3.63) is 59.4 Å². The number of aryl methyl sites for hydroxylation is 3. The van der Waals surface area contributed by atoms with E-state index in [9.17, 15) is 13.2 Å². The van der Waals surface area contributed by atoms with Gasteiger partial charge in [0.15, 0.2) is 0 Å². The smallest absolute Gasteiger partial charge is 0.243 e. The van der Waals surface area contributed by atoms with E-state index in [4.69, 9.17) is 9.72 Å². The Labute approximate surface area is 206 Å². The molecular weight excluding hydrogens is 464 g/mol. The van der Waals surface area contributed by atoms with Gasteiger partial charge in [-0.05, 0) is 55.5 Å². The molecule has 1 fully saturated rings. The Morgan fingerprint density at radius 3 is 2.77 bits per heavy atom. The summed E-state index contributed by atoms with van der Waals surface area (Å²) in [6, 6.07) is 13.5. The molecule has 1 aromatic heterocycles. The standard InChI is InChI=1S/C26H32N4O4S/c1-2-30-24-11-10-20(35(32,33)29-14-16-34-17-15-29)18-23(24)27-25(30)12-13-26(31)28-22-9-5-7-19-6-3-4-8-21(19)22/h3-4,6,8,10-11,18,22H,2,5,7,9,12-17H2,1H3,(H,28,31)/t22-/m0/s1. The zero-order valence-corrected chi connectivity index (χ0v) is 20.9. The largest absolute Gasteiger partial charge is 0.379 e. The number of carbonyl (C=O) groups is 1. The maximum atomic E-state index is 13.1. The lowest BCUT2D eigenvalue weighted by molar-refractivity contribution is -0.121. The highest BCUT2D eigenvalue weighted by Gasteiger charge is 2.27. The molecule has 35 heavy (non-hydrogen) atoms. The van der Waals surface area contributed by atoms with Gasteiger partial charge in [0.25, 0.3) is 0 Å². The molecule has 0 radical (unpaired) electrons. The van der Waals surface area contributed by atoms with Gasteiger partial charge in [0.2, 0.25) is 15.9 Å². The topological polar surface area (TPSA) is 93.5 Å². The maximum Gasteiger partial charge on any atom is 0.243 e. The molecule has 0 saturated carbocycles. The molecule has 2 aliphatic rings. The van der Waals surface area contributed by atoms with E-state index >= 15 is 0 Å². The van der Waals surface area contributed by atoms with E-state index in [2.05, 4.69) is 28.1 Å². The molecule has 2 aromatic carbocycles. The molecule has 2 heterocycles. The van der Waals surface area contributed by atoms with E-state index in [1.165, 1.54) is 15.4 Å². The molecule has 1 atom stereocenters. The summed E-state index contributed by atoms with van der Waals surface area (Å²) in [5.74, 6) is 0.805. The van der Waals surface area contributed by atoms with Crippen LogP contribution in [0.5, 0.6) is 0 Å². The number of carbonyl (C=O) groups excluding carboxylic acids is 1. The summed E-state index contributed by atoms with van der Waals surface area (Å²) in [4.78, 5) is 17.8. The number of aromatic nitrogens is 2. The van der Waals surface area contributed by atoms with Crippen molar-refractivity contribution in [3.63, 3.8) is 0 Å². The lowest BCUT2D eigenvalue weighted by Gasteiger charge is -2.26. The van der Waals surface area contributed by atoms with Crippen LogP contribution in [0, 0.1) is 0 Å². The zero-order chi connectivity index (χ0) is 24.4. The lowest BCUT2D eigenvalue weighted by Crippen LogP contribution is -2.40. The van der Waals surface area contributed by atoms with Crippen LogP contribution in [0.25, 0.3) is 11.0 Å². The third-order valence-electron chi connectivity index (χ3n) is 7.00. The number of hydrogen-bond acceptors (Lipinski definition) is 5. The van der Waals surface area contributed by atoms with Crippen LogP contribution < -0.4 is 5.32 Å². The van der Waals surface area contributed by atoms with E-state index < -0.39 is 10.0 Å². The van der Waals surface area contributed by atoms with Gasteiger partial charge < -0.3 is 14.6 Å². The van der Waals surface area contributed by atoms with Crippen molar-refractivity contribution < 1.29 is 17.9 Å². The minimum absolute atomic E-state index is 0.0111. The number of sulfonamides is 1. The number of hydrogen-bond donors (Lipinski definition) is 1. The molecule has 186 valence electrons. The van der Waals surface area contributed by atoms with Gasteiger partial charge in [0.05, 0.1) is 35.2 Å². The Kier molecular flexibility index (Phi) is 6.91. The number of benzene rings is 2. The highest BCUT2D eigenvalue weighted by atomic mass is 32.2. The molecule has 8 nitrogen and oxygen atoms in total. The van der Waals surface area contributed by atoms with Crippen LogP contribution in [0.3, 0.4) is 0 Å². The second-order valence-corrected chi connectivity index (χ2v) is 11.1. The number of nitrogens with zero attached hydrogens (tertiary/aromatic N) is 3. The molecule has 0 unspecified atom stereocenters. The average Bonchev–Trinajstić information content (AvgIpc) is 3.25. The number of amides is 1. The average molecular weight is 497 g/mol. The third-order valence-corrected chi connectivity index (χ3v) is 8.90. The molecular formula is C26H32N4O4S. The Balaban J connectivity index is 1.31. The van der Waals surface area contributed by atoms with Gasteiger partial charge in [0, 0.05) is 32.5 Å². The lowest BCUT2D eigenvalue weighted by atomic mass is 9.87. The number of rotatable bonds is 7. The van der Waals surface area contributed by atoms with Gasteiger partial charge in [0.1, 0.15) is 5.82 Å². The molecule has 1 N–H and O–H groups in total. The molecule has 1 amide bonds. The molecule has 1 aliphatic carbocycles. The van der Waals surface area contributed by atoms with E-state index in [1.54, 1.807) is 12.1 Å². The van der Waals surface area contributed by atoms with Crippen molar-refractivity contribution in [2.75, 3.05) is 26.3 Å². The van der Waals surface area contributed by atoms with Crippen LogP contribution in [-0.4, -0.2) is 54.5 Å². The number of morpholine rings is 1. The summed E-state index contributed by atoms with van der Waals surface area (Å²) in [6.07, 6.45) is 3.92. The van der Waals surface area contributed by atoms with Gasteiger partial charge in [-0.1, -0.05) is 24.3 Å². The van der Waals surface area contributed by atoms with Gasteiger partial charge in [-0.25, -0.2) is 13.4 Å². The fourth-order valence-corrected chi connectivity index (χ4v) is 6.62. The van der Waals surface area contributed by atoms with E-state index in [0.29, 0.717) is 51.2 Å². The highest BCUT2D eigenvalue weighted by Crippen LogP contribution is 2.29. The fourth-order valence-electron chi connectivity index (χ4n) is 5.20. The minimum atomic E-state index is -3.59. The van der Waals surface area contributed by atoms with Gasteiger partial charge in [-0.3, -0.25) is 4.79 Å². The summed E-state index contributed by atoms with van der Waals surface area (Å²) >= 11 is 0. The molecule has 1 aliphatic heterocycles. The van der Waals surface area contributed by atoms with Crippen molar-refractivity contribution in [3.8, 4) is 0 Å². The number of nitrogens with one attached hydrogen (secondary N) is 1. The van der Waals surface area contributed by atoms with Crippen molar-refractivity contribution in [1.82, 2.24) is 19.2 Å². The summed E-state index contributed by atoms with van der Waals surface area (Å²) in [7, 11) is -3.59. The summed E-state index contributed by atoms with van der Waals surface area (Å²) in [6.45, 7) is 4.25. The van der Waals surface area contributed by atoms with Crippen molar-refractivity contribution >= 4 is 27.0 Å². The normalized spacial score (nSPS) is 18.9. The van der Waals surface area contributed by atoms with Crippen LogP contribution in [0.2, 0.25) is 0 Å². The first kappa shape index (κ1) is 24.0. The Bertz CT molecular complexity index is 1330. The third kappa shape index (κ3) is 4.85. The molecule has 0 spiro atoms. The second kappa shape index (κ2) is 10.1. The summed E-state index contributed by atoms with van der Waals surface area (Å²) in [5, 5.41) is 3.21. The maximum absolute atomic E-state index is 13.1. The Morgan fingerprint density at radius 2 is 1.97 bits per heavy atom. The molecule has 1 saturated heterocycles. The van der Waals surface area contributed by atoms with Crippen LogP contribution in [0.1, 0.15) is 49.2 Å². The first-order chi connectivity index (χ1) is 17.0. The van der Waals surface area contributed by atoms with Crippen molar-refractivity contribution in [2.45, 2.75) is 56.5 Å². The highest BCUT2D eigenvalue weighted by molar-refractivity contribution is 7.89. The number of ether oxygens (including phenoxy) is 1. The molecule has 3 aromatic rings. The number of fused-ring (bicyclic) bond motifs is 2. The molecule has 5 rings (SSSR count). The van der Waals surface area contributed by atoms with Crippen molar-refractivity contribution in [2.24, 2.45) is 0 Å².